The number of hydrogen-bond acceptors (Lipinski definition) is 5. The SMILES string of the molecule is CCC1CN(C(=O)CN(Cc2ccccc2Cl)S(=O)(=O)c2ccc(NC(C)=O)cc2)CCO1. The molecule has 10 heteroatoms. The molecule has 1 aliphatic rings. The number of amides is 2. The number of nitrogens with one attached hydrogen (secondary N) is 1. The molecule has 2 aromatic rings. The smallest absolute Gasteiger partial charge is 0.243 e. The van der Waals surface area contributed by atoms with Crippen molar-refractivity contribution in [3.8, 4) is 0 Å². The van der Waals surface area contributed by atoms with Crippen molar-refractivity contribution in [3.63, 3.8) is 0 Å². The van der Waals surface area contributed by atoms with Gasteiger partial charge >= 0.3 is 0 Å². The van der Waals surface area contributed by atoms with Crippen LogP contribution < -0.4 is 5.32 Å². The van der Waals surface area contributed by atoms with Gasteiger partial charge in [0.25, 0.3) is 0 Å². The van der Waals surface area contributed by atoms with Crippen molar-refractivity contribution in [1.29, 1.82) is 0 Å². The second-order valence-corrected chi connectivity index (χ2v) is 10.2. The fourth-order valence-electron chi connectivity index (χ4n) is 3.55. The molecule has 1 N–H and O–H groups in total. The molecule has 33 heavy (non-hydrogen) atoms. The molecule has 1 aliphatic heterocycles. The van der Waals surface area contributed by atoms with Crippen LogP contribution in [-0.2, 0) is 30.9 Å². The molecular weight excluding hydrogens is 466 g/mol. The highest BCUT2D eigenvalue weighted by Gasteiger charge is 2.31. The van der Waals surface area contributed by atoms with Crippen LogP contribution >= 0.6 is 11.6 Å². The van der Waals surface area contributed by atoms with Gasteiger partial charge in [0.05, 0.1) is 24.2 Å². The fraction of sp³-hybridized carbons (Fsp3) is 0.391. The Morgan fingerprint density at radius 1 is 1.18 bits per heavy atom. The number of carbonyl (C=O) groups excluding carboxylic acids is 2. The van der Waals surface area contributed by atoms with Crippen molar-refractivity contribution in [1.82, 2.24) is 9.21 Å². The Morgan fingerprint density at radius 3 is 2.52 bits per heavy atom. The zero-order valence-corrected chi connectivity index (χ0v) is 20.2. The minimum Gasteiger partial charge on any atom is -0.375 e. The van der Waals surface area contributed by atoms with E-state index in [1.54, 1.807) is 29.2 Å². The topological polar surface area (TPSA) is 96.0 Å². The van der Waals surface area contributed by atoms with E-state index in [4.69, 9.17) is 16.3 Å². The third-order valence-corrected chi connectivity index (χ3v) is 7.55. The van der Waals surface area contributed by atoms with E-state index < -0.39 is 10.0 Å². The van der Waals surface area contributed by atoms with Crippen LogP contribution in [0.5, 0.6) is 0 Å². The molecule has 2 aromatic carbocycles. The number of rotatable bonds is 8. The minimum absolute atomic E-state index is 0.0184. The first-order valence-corrected chi connectivity index (χ1v) is 12.5. The highest BCUT2D eigenvalue weighted by molar-refractivity contribution is 7.89. The molecule has 0 aliphatic carbocycles. The first-order chi connectivity index (χ1) is 15.7. The Labute approximate surface area is 199 Å². The standard InChI is InChI=1S/C23H28ClN3O5S/c1-3-20-15-26(12-13-32-20)23(29)16-27(14-18-6-4-5-7-22(18)24)33(30,31)21-10-8-19(9-11-21)25-17(2)28/h4-11,20H,3,12-16H2,1-2H3,(H,25,28). The predicted molar refractivity (Wildman–Crippen MR) is 126 cm³/mol. The molecule has 0 radical (unpaired) electrons. The van der Waals surface area contributed by atoms with E-state index in [1.165, 1.54) is 31.2 Å². The van der Waals surface area contributed by atoms with E-state index in [0.717, 1.165) is 10.7 Å². The van der Waals surface area contributed by atoms with Crippen LogP contribution in [0.4, 0.5) is 5.69 Å². The third kappa shape index (κ3) is 6.54. The Hall–Kier alpha value is -2.46. The van der Waals surface area contributed by atoms with Crippen LogP contribution in [-0.4, -0.2) is 61.8 Å². The van der Waals surface area contributed by atoms with Crippen LogP contribution in [0.3, 0.4) is 0 Å². The highest BCUT2D eigenvalue weighted by Crippen LogP contribution is 2.24. The van der Waals surface area contributed by atoms with Crippen molar-refractivity contribution in [2.45, 2.75) is 37.8 Å². The maximum absolute atomic E-state index is 13.5. The third-order valence-electron chi connectivity index (χ3n) is 5.38. The number of benzene rings is 2. The summed E-state index contributed by atoms with van der Waals surface area (Å²) in [5.41, 5.74) is 1.08. The molecule has 0 spiro atoms. The molecule has 3 rings (SSSR count). The summed E-state index contributed by atoms with van der Waals surface area (Å²) in [6.45, 7) is 4.25. The number of carbonyl (C=O) groups is 2. The summed E-state index contributed by atoms with van der Waals surface area (Å²) in [7, 11) is -4.03. The van der Waals surface area contributed by atoms with Gasteiger partial charge in [-0.3, -0.25) is 9.59 Å². The molecule has 1 saturated heterocycles. The number of sulfonamides is 1. The Morgan fingerprint density at radius 2 is 1.88 bits per heavy atom. The molecule has 1 unspecified atom stereocenters. The number of morpholine rings is 1. The molecule has 0 saturated carbocycles. The lowest BCUT2D eigenvalue weighted by atomic mass is 10.2. The van der Waals surface area contributed by atoms with Crippen LogP contribution in [0.2, 0.25) is 5.02 Å². The van der Waals surface area contributed by atoms with Gasteiger partial charge in [-0.25, -0.2) is 8.42 Å². The number of halogens is 1. The summed E-state index contributed by atoms with van der Waals surface area (Å²) < 4.78 is 33.8. The summed E-state index contributed by atoms with van der Waals surface area (Å²) in [5.74, 6) is -0.547. The van der Waals surface area contributed by atoms with E-state index >= 15 is 0 Å². The highest BCUT2D eigenvalue weighted by atomic mass is 35.5. The molecule has 178 valence electrons. The average Bonchev–Trinajstić information content (AvgIpc) is 2.80. The second-order valence-electron chi connectivity index (χ2n) is 7.81. The Kier molecular flexibility index (Phi) is 8.47. The summed E-state index contributed by atoms with van der Waals surface area (Å²) in [6.07, 6.45) is 0.712. The maximum atomic E-state index is 13.5. The zero-order chi connectivity index (χ0) is 24.0. The molecular formula is C23H28ClN3O5S. The Balaban J connectivity index is 1.88. The summed E-state index contributed by atoms with van der Waals surface area (Å²) in [5, 5.41) is 3.03. The van der Waals surface area contributed by atoms with Crippen molar-refractivity contribution < 1.29 is 22.7 Å². The number of ether oxygens (including phenoxy) is 1. The van der Waals surface area contributed by atoms with Crippen molar-refractivity contribution >= 4 is 39.1 Å². The van der Waals surface area contributed by atoms with Crippen LogP contribution in [0.15, 0.2) is 53.4 Å². The van der Waals surface area contributed by atoms with Crippen molar-refractivity contribution in [2.24, 2.45) is 0 Å². The van der Waals surface area contributed by atoms with Gasteiger partial charge in [0.2, 0.25) is 21.8 Å². The van der Waals surface area contributed by atoms with Gasteiger partial charge in [0.1, 0.15) is 0 Å². The van der Waals surface area contributed by atoms with Gasteiger partial charge in [-0.1, -0.05) is 36.7 Å². The normalized spacial score (nSPS) is 16.6. The van der Waals surface area contributed by atoms with Crippen LogP contribution in [0, 0.1) is 0 Å². The summed E-state index contributed by atoms with van der Waals surface area (Å²) >= 11 is 6.28. The van der Waals surface area contributed by atoms with Crippen molar-refractivity contribution in [3.05, 3.63) is 59.1 Å². The molecule has 0 bridgehead atoms. The van der Waals surface area contributed by atoms with E-state index in [-0.39, 0.29) is 35.9 Å². The predicted octanol–water partition coefficient (Wildman–Crippen LogP) is 3.13. The Bertz CT molecular complexity index is 1090. The van der Waals surface area contributed by atoms with E-state index in [2.05, 4.69) is 5.32 Å². The fourth-order valence-corrected chi connectivity index (χ4v) is 5.11. The van der Waals surface area contributed by atoms with E-state index in [9.17, 15) is 18.0 Å². The van der Waals surface area contributed by atoms with Gasteiger partial charge in [-0.05, 0) is 42.3 Å². The molecule has 1 atom stereocenters. The monoisotopic (exact) mass is 493 g/mol. The van der Waals surface area contributed by atoms with Gasteiger partial charge in [0, 0.05) is 37.3 Å². The van der Waals surface area contributed by atoms with Gasteiger partial charge in [-0.2, -0.15) is 4.31 Å². The lowest BCUT2D eigenvalue weighted by Crippen LogP contribution is -2.49. The molecule has 2 amide bonds. The summed E-state index contributed by atoms with van der Waals surface area (Å²) in [6, 6.07) is 12.8. The number of nitrogens with zero attached hydrogens (tertiary/aromatic N) is 2. The minimum atomic E-state index is -4.03. The van der Waals surface area contributed by atoms with E-state index in [0.29, 0.717) is 36.0 Å². The van der Waals surface area contributed by atoms with Gasteiger partial charge < -0.3 is 15.0 Å². The summed E-state index contributed by atoms with van der Waals surface area (Å²) in [4.78, 5) is 26.0. The van der Waals surface area contributed by atoms with Crippen molar-refractivity contribution in [2.75, 3.05) is 31.6 Å². The lowest BCUT2D eigenvalue weighted by Gasteiger charge is -2.34. The molecule has 8 nitrogen and oxygen atoms in total. The largest absolute Gasteiger partial charge is 0.375 e. The maximum Gasteiger partial charge on any atom is 0.243 e. The first-order valence-electron chi connectivity index (χ1n) is 10.7. The first kappa shape index (κ1) is 25.2. The van der Waals surface area contributed by atoms with Gasteiger partial charge in [-0.15, -0.1) is 0 Å². The van der Waals surface area contributed by atoms with E-state index in [1.807, 2.05) is 6.92 Å². The second kappa shape index (κ2) is 11.1. The molecule has 1 heterocycles. The van der Waals surface area contributed by atoms with Crippen LogP contribution in [0.1, 0.15) is 25.8 Å². The average molecular weight is 494 g/mol. The zero-order valence-electron chi connectivity index (χ0n) is 18.7. The number of hydrogen-bond donors (Lipinski definition) is 1. The molecule has 0 aromatic heterocycles. The number of anilines is 1. The van der Waals surface area contributed by atoms with Gasteiger partial charge in [0.15, 0.2) is 0 Å². The lowest BCUT2D eigenvalue weighted by molar-refractivity contribution is -0.139. The quantitative estimate of drug-likeness (QED) is 0.609. The van der Waals surface area contributed by atoms with Crippen LogP contribution in [0.25, 0.3) is 0 Å². The molecule has 1 fully saturated rings.